The van der Waals surface area contributed by atoms with Crippen molar-refractivity contribution in [1.29, 1.82) is 5.26 Å². The summed E-state index contributed by atoms with van der Waals surface area (Å²) in [4.78, 5) is 7.72. The molecule has 6 heteroatoms. The second kappa shape index (κ2) is 5.12. The normalized spacial score (nSPS) is 11.8. The lowest BCUT2D eigenvalue weighted by atomic mass is 10.4. The second-order valence-electron chi connectivity index (χ2n) is 3.05. The van der Waals surface area contributed by atoms with Gasteiger partial charge in [-0.15, -0.1) is 0 Å². The molecular formula is C9H13N5O. The van der Waals surface area contributed by atoms with Crippen LogP contribution >= 0.6 is 0 Å². The molecule has 0 spiro atoms. The number of likely N-dealkylation sites (N-methyl/N-ethyl adjacent to an activating group) is 1. The van der Waals surface area contributed by atoms with Gasteiger partial charge in [0.2, 0.25) is 5.69 Å². The molecule has 1 rings (SSSR count). The molecule has 0 bridgehead atoms. The maximum atomic E-state index is 8.76. The van der Waals surface area contributed by atoms with Crippen molar-refractivity contribution in [3.05, 3.63) is 11.9 Å². The van der Waals surface area contributed by atoms with E-state index in [1.54, 1.807) is 0 Å². The van der Waals surface area contributed by atoms with Crippen LogP contribution in [-0.2, 0) is 0 Å². The molecule has 1 aromatic rings. The number of aromatic nitrogens is 2. The maximum Gasteiger partial charge on any atom is 0.253 e. The lowest BCUT2D eigenvalue weighted by Gasteiger charge is -2.13. The summed E-state index contributed by atoms with van der Waals surface area (Å²) < 4.78 is 5.42. The molecule has 0 aromatic carbocycles. The van der Waals surface area contributed by atoms with Gasteiger partial charge in [-0.2, -0.15) is 10.2 Å². The van der Waals surface area contributed by atoms with E-state index >= 15 is 0 Å². The van der Waals surface area contributed by atoms with Crippen LogP contribution in [0.1, 0.15) is 12.6 Å². The summed E-state index contributed by atoms with van der Waals surface area (Å²) in [6.07, 6.45) is 1.23. The first kappa shape index (κ1) is 11.2. The Hall–Kier alpha value is -1.87. The van der Waals surface area contributed by atoms with Gasteiger partial charge in [0.05, 0.1) is 6.20 Å². The van der Waals surface area contributed by atoms with E-state index in [9.17, 15) is 0 Å². The molecule has 0 aliphatic heterocycles. The van der Waals surface area contributed by atoms with Gasteiger partial charge in [-0.05, 0) is 14.0 Å². The summed E-state index contributed by atoms with van der Waals surface area (Å²) in [6.45, 7) is 2.52. The summed E-state index contributed by atoms with van der Waals surface area (Å²) in [5.41, 5.74) is 5.60. The van der Waals surface area contributed by atoms with Crippen molar-refractivity contribution in [2.24, 2.45) is 0 Å². The number of ether oxygens (including phenoxy) is 1. The highest BCUT2D eigenvalue weighted by atomic mass is 16.5. The summed E-state index contributed by atoms with van der Waals surface area (Å²) in [5.74, 6) is 0.418. The molecule has 0 aliphatic carbocycles. The van der Waals surface area contributed by atoms with Gasteiger partial charge in [-0.3, -0.25) is 0 Å². The highest BCUT2D eigenvalue weighted by Gasteiger charge is 2.10. The number of nitriles is 1. The zero-order valence-corrected chi connectivity index (χ0v) is 8.69. The van der Waals surface area contributed by atoms with Gasteiger partial charge in [0.15, 0.2) is 0 Å². The van der Waals surface area contributed by atoms with E-state index in [1.807, 2.05) is 20.0 Å². The largest absolute Gasteiger partial charge is 0.471 e. The van der Waals surface area contributed by atoms with E-state index in [0.29, 0.717) is 6.54 Å². The lowest BCUT2D eigenvalue weighted by molar-refractivity contribution is 0.210. The van der Waals surface area contributed by atoms with Gasteiger partial charge in [-0.1, -0.05) is 0 Å². The Bertz CT molecular complexity index is 373. The van der Waals surface area contributed by atoms with Crippen LogP contribution in [0.25, 0.3) is 0 Å². The smallest absolute Gasteiger partial charge is 0.253 e. The fourth-order valence-corrected chi connectivity index (χ4v) is 1.06. The Kier molecular flexibility index (Phi) is 3.83. The van der Waals surface area contributed by atoms with Gasteiger partial charge in [0, 0.05) is 6.54 Å². The Labute approximate surface area is 88.1 Å². The summed E-state index contributed by atoms with van der Waals surface area (Å²) >= 11 is 0. The number of nitrogens with two attached hydrogens (primary N) is 1. The molecule has 1 atom stereocenters. The van der Waals surface area contributed by atoms with Crippen LogP contribution in [-0.4, -0.2) is 29.7 Å². The second-order valence-corrected chi connectivity index (χ2v) is 3.05. The lowest BCUT2D eigenvalue weighted by Crippen LogP contribution is -2.26. The van der Waals surface area contributed by atoms with Crippen LogP contribution in [0.3, 0.4) is 0 Å². The van der Waals surface area contributed by atoms with Crippen LogP contribution < -0.4 is 15.8 Å². The standard InChI is InChI=1S/C9H13N5O/c1-6(4-12-2)15-9-7(3-10)13-5-8(11)14-9/h5-6,12H,4H2,1-2H3,(H2,11,14)/t6-/m1/s1. The minimum Gasteiger partial charge on any atom is -0.471 e. The average Bonchev–Trinajstić information content (AvgIpc) is 2.18. The molecule has 0 saturated heterocycles. The van der Waals surface area contributed by atoms with Crippen LogP contribution in [0.15, 0.2) is 6.20 Å². The topological polar surface area (TPSA) is 96.8 Å². The van der Waals surface area contributed by atoms with Crippen molar-refractivity contribution in [1.82, 2.24) is 15.3 Å². The number of nitrogens with one attached hydrogen (secondary N) is 1. The number of rotatable bonds is 4. The van der Waals surface area contributed by atoms with Crippen LogP contribution in [0.4, 0.5) is 5.82 Å². The van der Waals surface area contributed by atoms with Crippen LogP contribution in [0.2, 0.25) is 0 Å². The van der Waals surface area contributed by atoms with E-state index in [0.717, 1.165) is 0 Å². The Morgan fingerprint density at radius 1 is 1.73 bits per heavy atom. The number of hydrogen-bond donors (Lipinski definition) is 2. The molecule has 15 heavy (non-hydrogen) atoms. The van der Waals surface area contributed by atoms with Crippen molar-refractivity contribution in [3.8, 4) is 11.9 Å². The van der Waals surface area contributed by atoms with Gasteiger partial charge in [0.1, 0.15) is 18.0 Å². The van der Waals surface area contributed by atoms with E-state index in [1.165, 1.54) is 6.20 Å². The maximum absolute atomic E-state index is 8.76. The van der Waals surface area contributed by atoms with E-state index in [-0.39, 0.29) is 23.5 Å². The van der Waals surface area contributed by atoms with E-state index < -0.39 is 0 Å². The summed E-state index contributed by atoms with van der Waals surface area (Å²) in [7, 11) is 1.82. The number of nitrogens with zero attached hydrogens (tertiary/aromatic N) is 3. The van der Waals surface area contributed by atoms with Gasteiger partial charge in [0.25, 0.3) is 5.88 Å². The third-order valence-corrected chi connectivity index (χ3v) is 1.67. The molecular weight excluding hydrogens is 194 g/mol. The molecule has 3 N–H and O–H groups in total. The van der Waals surface area contributed by atoms with Crippen LogP contribution in [0, 0.1) is 11.3 Å². The predicted octanol–water partition coefficient (Wildman–Crippen LogP) is -0.0828. The van der Waals surface area contributed by atoms with Crippen molar-refractivity contribution >= 4 is 5.82 Å². The quantitative estimate of drug-likeness (QED) is 0.716. The highest BCUT2D eigenvalue weighted by Crippen LogP contribution is 2.14. The molecule has 0 fully saturated rings. The number of hydrogen-bond acceptors (Lipinski definition) is 6. The van der Waals surface area contributed by atoms with Crippen LogP contribution in [0.5, 0.6) is 5.88 Å². The summed E-state index contributed by atoms with van der Waals surface area (Å²) in [5, 5.41) is 11.7. The minimum absolute atomic E-state index is 0.0989. The first-order valence-electron chi connectivity index (χ1n) is 4.51. The van der Waals surface area contributed by atoms with Crippen molar-refractivity contribution in [2.45, 2.75) is 13.0 Å². The van der Waals surface area contributed by atoms with Crippen molar-refractivity contribution in [3.63, 3.8) is 0 Å². The summed E-state index contributed by atoms with van der Waals surface area (Å²) in [6, 6.07) is 1.90. The fraction of sp³-hybridized carbons (Fsp3) is 0.444. The molecule has 0 saturated carbocycles. The Morgan fingerprint density at radius 3 is 3.07 bits per heavy atom. The van der Waals surface area contributed by atoms with Crippen molar-refractivity contribution in [2.75, 3.05) is 19.3 Å². The molecule has 0 radical (unpaired) electrons. The molecule has 0 aliphatic rings. The van der Waals surface area contributed by atoms with Gasteiger partial charge >= 0.3 is 0 Å². The van der Waals surface area contributed by atoms with Gasteiger partial charge in [-0.25, -0.2) is 4.98 Å². The van der Waals surface area contributed by atoms with E-state index in [2.05, 4.69) is 15.3 Å². The Balaban J connectivity index is 2.83. The zero-order chi connectivity index (χ0) is 11.3. The van der Waals surface area contributed by atoms with E-state index in [4.69, 9.17) is 15.7 Å². The SMILES string of the molecule is CNC[C@@H](C)Oc1nc(N)cnc1C#N. The molecule has 0 unspecified atom stereocenters. The molecule has 1 heterocycles. The van der Waals surface area contributed by atoms with Crippen molar-refractivity contribution < 1.29 is 4.74 Å². The van der Waals surface area contributed by atoms with Gasteiger partial charge < -0.3 is 15.8 Å². The molecule has 6 nitrogen and oxygen atoms in total. The number of anilines is 1. The molecule has 80 valence electrons. The highest BCUT2D eigenvalue weighted by molar-refractivity contribution is 5.37. The predicted molar refractivity (Wildman–Crippen MR) is 55.2 cm³/mol. The molecule has 0 amide bonds. The molecule has 1 aromatic heterocycles. The number of nitrogen functional groups attached to an aromatic ring is 1. The Morgan fingerprint density at radius 2 is 2.47 bits per heavy atom. The zero-order valence-electron chi connectivity index (χ0n) is 8.69. The third-order valence-electron chi connectivity index (χ3n) is 1.67. The third kappa shape index (κ3) is 3.07. The average molecular weight is 207 g/mol. The monoisotopic (exact) mass is 207 g/mol. The fourth-order valence-electron chi connectivity index (χ4n) is 1.06. The first-order valence-corrected chi connectivity index (χ1v) is 4.51. The first-order chi connectivity index (χ1) is 7.17. The minimum atomic E-state index is -0.0989.